The van der Waals surface area contributed by atoms with Crippen molar-refractivity contribution in [3.63, 3.8) is 0 Å². The summed E-state index contributed by atoms with van der Waals surface area (Å²) in [6.45, 7) is 3.47. The van der Waals surface area contributed by atoms with Crippen molar-refractivity contribution < 1.29 is 9.90 Å². The van der Waals surface area contributed by atoms with Crippen molar-refractivity contribution in [2.75, 3.05) is 31.5 Å². The Hall–Kier alpha value is -2.15. The number of aromatic nitrogens is 3. The molecule has 6 rings (SSSR count). The molecule has 3 aliphatic heterocycles. The quantitative estimate of drug-likeness (QED) is 0.339. The highest BCUT2D eigenvalue weighted by molar-refractivity contribution is 7.16. The second kappa shape index (κ2) is 9.48. The molecule has 3 saturated heterocycles. The molecule has 6 heterocycles. The molecule has 3 fully saturated rings. The molecule has 0 radical (unpaired) electrons. The molecule has 0 aliphatic carbocycles. The lowest BCUT2D eigenvalue weighted by Gasteiger charge is -2.40. The molecule has 34 heavy (non-hydrogen) atoms. The van der Waals surface area contributed by atoms with Gasteiger partial charge in [0.2, 0.25) is 5.91 Å². The van der Waals surface area contributed by atoms with E-state index in [1.54, 1.807) is 11.3 Å². The average molecular weight is 500 g/mol. The molecule has 11 heteroatoms. The third-order valence-electron chi connectivity index (χ3n) is 6.88. The Morgan fingerprint density at radius 2 is 1.97 bits per heavy atom. The maximum atomic E-state index is 12.3. The van der Waals surface area contributed by atoms with Gasteiger partial charge in [-0.15, -0.1) is 22.7 Å². The van der Waals surface area contributed by atoms with Crippen LogP contribution >= 0.6 is 22.7 Å². The van der Waals surface area contributed by atoms with Crippen molar-refractivity contribution in [1.82, 2.24) is 30.5 Å². The molecule has 9 nitrogen and oxygen atoms in total. The van der Waals surface area contributed by atoms with Gasteiger partial charge in [-0.25, -0.2) is 9.97 Å². The summed E-state index contributed by atoms with van der Waals surface area (Å²) >= 11 is 3.13. The number of nitrogens with one attached hydrogen (secondary N) is 4. The Morgan fingerprint density at radius 3 is 2.76 bits per heavy atom. The van der Waals surface area contributed by atoms with E-state index in [0.717, 1.165) is 76.7 Å². The minimum atomic E-state index is -0.662. The van der Waals surface area contributed by atoms with Crippen molar-refractivity contribution in [2.24, 2.45) is 0 Å². The third-order valence-corrected chi connectivity index (χ3v) is 9.12. The van der Waals surface area contributed by atoms with Crippen LogP contribution in [0.25, 0.3) is 10.6 Å². The topological polar surface area (TPSA) is 118 Å². The number of hydrogen-bond donors (Lipinski definition) is 5. The zero-order chi connectivity index (χ0) is 23.1. The van der Waals surface area contributed by atoms with E-state index in [0.29, 0.717) is 12.0 Å². The number of aliphatic hydroxyl groups excluding tert-OH is 1. The number of amides is 1. The van der Waals surface area contributed by atoms with E-state index in [2.05, 4.69) is 30.9 Å². The van der Waals surface area contributed by atoms with Gasteiger partial charge in [-0.05, 0) is 50.9 Å². The summed E-state index contributed by atoms with van der Waals surface area (Å²) in [5.41, 5.74) is 1.02. The summed E-state index contributed by atoms with van der Waals surface area (Å²) in [5, 5.41) is 22.4. The first-order valence-electron chi connectivity index (χ1n) is 11.9. The number of hydrogen-bond acceptors (Lipinski definition) is 9. The van der Waals surface area contributed by atoms with Crippen LogP contribution in [-0.2, 0) is 4.79 Å². The van der Waals surface area contributed by atoms with E-state index in [1.807, 2.05) is 29.4 Å². The van der Waals surface area contributed by atoms with Crippen LogP contribution in [0.3, 0.4) is 0 Å². The Bertz CT molecular complexity index is 1140. The first kappa shape index (κ1) is 22.3. The third kappa shape index (κ3) is 4.43. The van der Waals surface area contributed by atoms with E-state index in [9.17, 15) is 9.90 Å². The number of nitrogens with zero attached hydrogens (tertiary/aromatic N) is 3. The van der Waals surface area contributed by atoms with Crippen LogP contribution in [0.2, 0.25) is 0 Å². The fourth-order valence-corrected chi connectivity index (χ4v) is 6.78. The van der Waals surface area contributed by atoms with Gasteiger partial charge in [0.15, 0.2) is 0 Å². The Kier molecular flexibility index (Phi) is 6.22. The molecule has 3 aromatic rings. The van der Waals surface area contributed by atoms with Gasteiger partial charge in [0, 0.05) is 25.2 Å². The summed E-state index contributed by atoms with van der Waals surface area (Å²) in [4.78, 5) is 29.0. The molecule has 0 aromatic carbocycles. The predicted molar refractivity (Wildman–Crippen MR) is 133 cm³/mol. The Morgan fingerprint density at radius 1 is 1.12 bits per heavy atom. The lowest BCUT2D eigenvalue weighted by Crippen LogP contribution is -2.46. The first-order valence-corrected chi connectivity index (χ1v) is 13.6. The van der Waals surface area contributed by atoms with Crippen molar-refractivity contribution in [2.45, 2.75) is 49.9 Å². The van der Waals surface area contributed by atoms with E-state index in [1.165, 1.54) is 17.8 Å². The van der Waals surface area contributed by atoms with E-state index in [4.69, 9.17) is 0 Å². The minimum absolute atomic E-state index is 0.00729. The Labute approximate surface area is 206 Å². The van der Waals surface area contributed by atoms with Crippen LogP contribution in [0.4, 0.5) is 5.00 Å². The molecule has 0 spiro atoms. The number of thiazole rings is 1. The van der Waals surface area contributed by atoms with Crippen molar-refractivity contribution in [3.8, 4) is 10.6 Å². The molecule has 2 unspecified atom stereocenters. The highest BCUT2D eigenvalue weighted by Gasteiger charge is 2.36. The van der Waals surface area contributed by atoms with Gasteiger partial charge in [-0.2, -0.15) is 0 Å². The number of rotatable bonds is 7. The van der Waals surface area contributed by atoms with Crippen molar-refractivity contribution in [3.05, 3.63) is 40.2 Å². The zero-order valence-electron chi connectivity index (χ0n) is 18.8. The van der Waals surface area contributed by atoms with E-state index < -0.39 is 6.23 Å². The van der Waals surface area contributed by atoms with Gasteiger partial charge < -0.3 is 26.0 Å². The molecule has 1 amide bonds. The van der Waals surface area contributed by atoms with Crippen LogP contribution in [0.1, 0.15) is 59.6 Å². The molecule has 3 aromatic heterocycles. The van der Waals surface area contributed by atoms with Crippen LogP contribution < -0.4 is 16.0 Å². The Balaban J connectivity index is 1.03. The summed E-state index contributed by atoms with van der Waals surface area (Å²) in [6, 6.07) is 3.99. The number of aliphatic hydroxyl groups is 1. The maximum absolute atomic E-state index is 12.3. The summed E-state index contributed by atoms with van der Waals surface area (Å²) < 4.78 is 0. The molecular weight excluding hydrogens is 470 g/mol. The monoisotopic (exact) mass is 499 g/mol. The molecule has 0 bridgehead atoms. The first-order chi connectivity index (χ1) is 16.6. The van der Waals surface area contributed by atoms with E-state index in [-0.39, 0.29) is 11.9 Å². The van der Waals surface area contributed by atoms with Gasteiger partial charge in [0.25, 0.3) is 0 Å². The number of carbonyl (C=O) groups excluding carboxylic acids is 1. The molecular formula is C23H29N7O2S2. The van der Waals surface area contributed by atoms with Crippen LogP contribution in [0.5, 0.6) is 0 Å². The van der Waals surface area contributed by atoms with Gasteiger partial charge in [-0.1, -0.05) is 0 Å². The fourth-order valence-electron chi connectivity index (χ4n) is 4.88. The maximum Gasteiger partial charge on any atom is 0.242 e. The fraction of sp³-hybridized carbons (Fsp3) is 0.522. The molecule has 5 N–H and O–H groups in total. The highest BCUT2D eigenvalue weighted by atomic mass is 32.1. The van der Waals surface area contributed by atoms with Crippen molar-refractivity contribution in [1.29, 1.82) is 0 Å². The number of aromatic amines is 1. The van der Waals surface area contributed by atoms with Crippen molar-refractivity contribution >= 4 is 33.6 Å². The number of imidazole rings is 1. The minimum Gasteiger partial charge on any atom is -0.373 e. The standard InChI is InChI=1S/C23H29N7O2S2/c31-21(15-4-2-8-25-15)29-19-6-5-17(33-19)23(32)30-11-13(12-30)22-27-10-18(34-22)16-9-26-20(28-16)14-3-1-7-24-14/h5-6,9-10,13-15,23-25,32H,1-4,7-8,11-12H2,(H,26,28)(H,29,31)/t14?,15-,23?/m0/s1. The largest absolute Gasteiger partial charge is 0.373 e. The predicted octanol–water partition coefficient (Wildman–Crippen LogP) is 2.80. The smallest absolute Gasteiger partial charge is 0.242 e. The van der Waals surface area contributed by atoms with Crippen LogP contribution in [0, 0.1) is 0 Å². The number of likely N-dealkylation sites (tertiary alicyclic amines) is 1. The van der Waals surface area contributed by atoms with Gasteiger partial charge in [0.1, 0.15) is 12.1 Å². The zero-order valence-corrected chi connectivity index (χ0v) is 20.4. The van der Waals surface area contributed by atoms with Gasteiger partial charge in [0.05, 0.1) is 43.7 Å². The molecule has 0 saturated carbocycles. The average Bonchev–Trinajstić information content (AvgIpc) is 3.62. The highest BCUT2D eigenvalue weighted by Crippen LogP contribution is 2.39. The van der Waals surface area contributed by atoms with Crippen LogP contribution in [0.15, 0.2) is 24.5 Å². The number of thiophene rings is 1. The second-order valence-electron chi connectivity index (χ2n) is 9.26. The molecule has 3 atom stereocenters. The molecule has 3 aliphatic rings. The van der Waals surface area contributed by atoms with E-state index >= 15 is 0 Å². The second-order valence-corrected chi connectivity index (χ2v) is 11.4. The van der Waals surface area contributed by atoms with Gasteiger partial charge >= 0.3 is 0 Å². The van der Waals surface area contributed by atoms with Gasteiger partial charge in [-0.3, -0.25) is 9.69 Å². The number of carbonyl (C=O) groups is 1. The SMILES string of the molecule is O=C(Nc1ccc(C(O)N2CC(c3ncc(-c4cnc(C5CCCN5)[nH]4)s3)C2)s1)[C@@H]1CCCN1. The molecule has 180 valence electrons. The lowest BCUT2D eigenvalue weighted by molar-refractivity contribution is -0.117. The summed E-state index contributed by atoms with van der Waals surface area (Å²) in [6.07, 6.45) is 7.38. The lowest BCUT2D eigenvalue weighted by atomic mass is 10.0. The normalized spacial score (nSPS) is 24.4. The number of H-pyrrole nitrogens is 1. The van der Waals surface area contributed by atoms with Crippen LogP contribution in [-0.4, -0.2) is 63.1 Å². The summed E-state index contributed by atoms with van der Waals surface area (Å²) in [5.74, 6) is 1.33. The number of anilines is 1. The summed E-state index contributed by atoms with van der Waals surface area (Å²) in [7, 11) is 0.